The average Bonchev–Trinajstić information content (AvgIpc) is 2.43. The number of carboxylic acid groups (broad SMARTS) is 1. The first-order chi connectivity index (χ1) is 11.1. The van der Waals surface area contributed by atoms with Crippen molar-refractivity contribution >= 4 is 21.7 Å². The number of carboxylic acids is 1. The molecule has 24 heavy (non-hydrogen) atoms. The van der Waals surface area contributed by atoms with Gasteiger partial charge in [0.25, 0.3) is 10.0 Å². The molecule has 0 bridgehead atoms. The molecule has 0 heterocycles. The van der Waals surface area contributed by atoms with Crippen molar-refractivity contribution < 1.29 is 18.3 Å². The van der Waals surface area contributed by atoms with Crippen molar-refractivity contribution in [3.05, 3.63) is 58.7 Å². The number of benzene rings is 2. The van der Waals surface area contributed by atoms with Gasteiger partial charge in [-0.05, 0) is 50.5 Å². The van der Waals surface area contributed by atoms with Crippen LogP contribution in [0.4, 0.5) is 5.69 Å². The molecule has 0 unspecified atom stereocenters. The molecule has 0 radical (unpaired) electrons. The molecular weight excluding hydrogens is 326 g/mol. The lowest BCUT2D eigenvalue weighted by Crippen LogP contribution is -2.37. The Morgan fingerprint density at radius 1 is 1.00 bits per heavy atom. The van der Waals surface area contributed by atoms with E-state index in [4.69, 9.17) is 0 Å². The normalized spacial score (nSPS) is 11.3. The van der Waals surface area contributed by atoms with Gasteiger partial charge in [-0.15, -0.1) is 0 Å². The summed E-state index contributed by atoms with van der Waals surface area (Å²) in [5, 5.41) is 9.22. The van der Waals surface area contributed by atoms with E-state index in [1.54, 1.807) is 57.2 Å². The first-order valence-corrected chi connectivity index (χ1v) is 8.96. The van der Waals surface area contributed by atoms with Crippen LogP contribution in [0.2, 0.25) is 0 Å². The third kappa shape index (κ3) is 3.43. The summed E-state index contributed by atoms with van der Waals surface area (Å²) in [6.07, 6.45) is 0. The number of carbonyl (C=O) groups is 1. The van der Waals surface area contributed by atoms with Crippen LogP contribution < -0.4 is 4.31 Å². The Bertz CT molecular complexity index is 865. The highest BCUT2D eigenvalue weighted by atomic mass is 32.2. The third-order valence-electron chi connectivity index (χ3n) is 3.82. The maximum absolute atomic E-state index is 13.2. The number of nitrogens with zero attached hydrogens (tertiary/aromatic N) is 1. The maximum atomic E-state index is 13.2. The number of anilines is 1. The standard InChI is InChI=1S/C18H21NO4S/c1-12-9-14(3)18(15(4)10-12)24(22,23)19(11-17(20)21)16-8-6-5-7-13(16)2/h5-10H,11H2,1-4H3,(H,20,21). The molecule has 5 nitrogen and oxygen atoms in total. The molecule has 0 fully saturated rings. The van der Waals surface area contributed by atoms with Crippen molar-refractivity contribution in [1.29, 1.82) is 0 Å². The Balaban J connectivity index is 2.70. The molecule has 0 saturated heterocycles. The number of rotatable bonds is 5. The molecule has 0 amide bonds. The monoisotopic (exact) mass is 347 g/mol. The Hall–Kier alpha value is -2.34. The predicted octanol–water partition coefficient (Wildman–Crippen LogP) is 3.20. The minimum atomic E-state index is -4.00. The zero-order valence-corrected chi connectivity index (χ0v) is 15.0. The van der Waals surface area contributed by atoms with Crippen LogP contribution in [0.25, 0.3) is 0 Å². The van der Waals surface area contributed by atoms with Crippen LogP contribution in [-0.2, 0) is 14.8 Å². The molecule has 0 aliphatic carbocycles. The van der Waals surface area contributed by atoms with Crippen molar-refractivity contribution in [3.63, 3.8) is 0 Å². The molecule has 6 heteroatoms. The molecule has 0 aliphatic heterocycles. The van der Waals surface area contributed by atoms with Crippen LogP contribution in [0, 0.1) is 27.7 Å². The van der Waals surface area contributed by atoms with Gasteiger partial charge < -0.3 is 5.11 Å². The summed E-state index contributed by atoms with van der Waals surface area (Å²) < 4.78 is 27.4. The van der Waals surface area contributed by atoms with Gasteiger partial charge in [-0.25, -0.2) is 8.42 Å². The molecule has 2 aromatic carbocycles. The SMILES string of the molecule is Cc1cc(C)c(S(=O)(=O)N(CC(=O)O)c2ccccc2C)c(C)c1. The minimum Gasteiger partial charge on any atom is -0.480 e. The Morgan fingerprint density at radius 3 is 2.04 bits per heavy atom. The number of hydrogen-bond acceptors (Lipinski definition) is 3. The van der Waals surface area contributed by atoms with Crippen molar-refractivity contribution in [3.8, 4) is 0 Å². The first-order valence-electron chi connectivity index (χ1n) is 7.52. The fourth-order valence-corrected chi connectivity index (χ4v) is 4.85. The van der Waals surface area contributed by atoms with Gasteiger partial charge in [-0.2, -0.15) is 0 Å². The highest BCUT2D eigenvalue weighted by Gasteiger charge is 2.30. The second-order valence-electron chi connectivity index (χ2n) is 5.92. The van der Waals surface area contributed by atoms with Crippen molar-refractivity contribution in [2.45, 2.75) is 32.6 Å². The summed E-state index contributed by atoms with van der Waals surface area (Å²) in [6.45, 7) is 6.48. The van der Waals surface area contributed by atoms with E-state index in [9.17, 15) is 18.3 Å². The van der Waals surface area contributed by atoms with Gasteiger partial charge >= 0.3 is 5.97 Å². The smallest absolute Gasteiger partial charge is 0.324 e. The fraction of sp³-hybridized carbons (Fsp3) is 0.278. The summed E-state index contributed by atoms with van der Waals surface area (Å²) in [5.41, 5.74) is 3.25. The summed E-state index contributed by atoms with van der Waals surface area (Å²) >= 11 is 0. The lowest BCUT2D eigenvalue weighted by Gasteiger charge is -2.26. The molecule has 1 N–H and O–H groups in total. The van der Waals surface area contributed by atoms with Crippen molar-refractivity contribution in [2.75, 3.05) is 10.8 Å². The van der Waals surface area contributed by atoms with Crippen molar-refractivity contribution in [2.24, 2.45) is 0 Å². The molecule has 128 valence electrons. The summed E-state index contributed by atoms with van der Waals surface area (Å²) in [5.74, 6) is -1.20. The summed E-state index contributed by atoms with van der Waals surface area (Å²) in [4.78, 5) is 11.5. The van der Waals surface area contributed by atoms with Gasteiger partial charge in [0, 0.05) is 0 Å². The molecular formula is C18H21NO4S. The van der Waals surface area contributed by atoms with Crippen LogP contribution in [0.1, 0.15) is 22.3 Å². The molecule has 0 aromatic heterocycles. The van der Waals surface area contributed by atoms with E-state index in [-0.39, 0.29) is 4.90 Å². The van der Waals surface area contributed by atoms with Crippen molar-refractivity contribution in [1.82, 2.24) is 0 Å². The largest absolute Gasteiger partial charge is 0.480 e. The van der Waals surface area contributed by atoms with Crippen LogP contribution in [0.3, 0.4) is 0 Å². The lowest BCUT2D eigenvalue weighted by atomic mass is 10.1. The van der Waals surface area contributed by atoms with Gasteiger partial charge in [0.15, 0.2) is 0 Å². The molecule has 2 aromatic rings. The van der Waals surface area contributed by atoms with Crippen LogP contribution in [0.5, 0.6) is 0 Å². The topological polar surface area (TPSA) is 74.7 Å². The minimum absolute atomic E-state index is 0.164. The maximum Gasteiger partial charge on any atom is 0.324 e. The summed E-state index contributed by atoms with van der Waals surface area (Å²) in [7, 11) is -4.00. The fourth-order valence-electron chi connectivity index (χ4n) is 2.95. The van der Waals surface area contributed by atoms with E-state index in [1.807, 2.05) is 6.92 Å². The second-order valence-corrected chi connectivity index (χ2v) is 7.72. The average molecular weight is 347 g/mol. The Morgan fingerprint density at radius 2 is 1.54 bits per heavy atom. The number of aryl methyl sites for hydroxylation is 4. The Kier molecular flexibility index (Phi) is 4.99. The third-order valence-corrected chi connectivity index (χ3v) is 5.88. The number of hydrogen-bond donors (Lipinski definition) is 1. The van der Waals surface area contributed by atoms with Gasteiger partial charge in [0.1, 0.15) is 6.54 Å². The quantitative estimate of drug-likeness (QED) is 0.901. The number of para-hydroxylation sites is 1. The van der Waals surface area contributed by atoms with Gasteiger partial charge in [0.05, 0.1) is 10.6 Å². The highest BCUT2D eigenvalue weighted by Crippen LogP contribution is 2.30. The lowest BCUT2D eigenvalue weighted by molar-refractivity contribution is -0.135. The molecule has 0 spiro atoms. The van der Waals surface area contributed by atoms with Crippen LogP contribution in [0.15, 0.2) is 41.3 Å². The Labute approximate surface area is 142 Å². The summed E-state index contributed by atoms with van der Waals surface area (Å²) in [6, 6.07) is 10.4. The zero-order valence-electron chi connectivity index (χ0n) is 14.2. The first kappa shape index (κ1) is 18.0. The van der Waals surface area contributed by atoms with E-state index in [1.165, 1.54) is 0 Å². The molecule has 0 atom stereocenters. The van der Waals surface area contributed by atoms with Gasteiger partial charge in [-0.3, -0.25) is 9.10 Å². The van der Waals surface area contributed by atoms with E-state index in [2.05, 4.69) is 0 Å². The second kappa shape index (κ2) is 6.65. The number of sulfonamides is 1. The van der Waals surface area contributed by atoms with Gasteiger partial charge in [-0.1, -0.05) is 35.9 Å². The number of aliphatic carboxylic acids is 1. The van der Waals surface area contributed by atoms with Gasteiger partial charge in [0.2, 0.25) is 0 Å². The van der Waals surface area contributed by atoms with E-state index >= 15 is 0 Å². The molecule has 0 saturated carbocycles. The van der Waals surface area contributed by atoms with Crippen LogP contribution >= 0.6 is 0 Å². The predicted molar refractivity (Wildman–Crippen MR) is 94.0 cm³/mol. The van der Waals surface area contributed by atoms with E-state index < -0.39 is 22.5 Å². The van der Waals surface area contributed by atoms with Crippen LogP contribution in [-0.4, -0.2) is 26.0 Å². The van der Waals surface area contributed by atoms with E-state index in [0.717, 1.165) is 9.87 Å². The highest BCUT2D eigenvalue weighted by molar-refractivity contribution is 7.93. The van der Waals surface area contributed by atoms with E-state index in [0.29, 0.717) is 22.4 Å². The molecule has 2 rings (SSSR count). The molecule has 0 aliphatic rings. The zero-order chi connectivity index (χ0) is 18.1.